The monoisotopic (exact) mass is 168 g/mol. The topological polar surface area (TPSA) is 44.1 Å². The molecule has 0 aliphatic carbocycles. The van der Waals surface area contributed by atoms with E-state index in [1.807, 2.05) is 6.92 Å². The Hall–Kier alpha value is -1.32. The van der Waals surface area contributed by atoms with Crippen molar-refractivity contribution in [1.29, 1.82) is 0 Å². The van der Waals surface area contributed by atoms with Crippen LogP contribution in [0.1, 0.15) is 23.0 Å². The maximum absolute atomic E-state index is 11.1. The number of hydrogen-bond donors (Lipinski definition) is 0. The van der Waals surface area contributed by atoms with Crippen LogP contribution < -0.4 is 0 Å². The van der Waals surface area contributed by atoms with Gasteiger partial charge in [0.25, 0.3) is 0 Å². The SMILES string of the molecule is CCn1cc(C(=O)OC)c(C)n1. The summed E-state index contributed by atoms with van der Waals surface area (Å²) >= 11 is 0. The second-order valence-corrected chi connectivity index (χ2v) is 2.48. The molecule has 66 valence electrons. The van der Waals surface area contributed by atoms with Crippen molar-refractivity contribution in [3.8, 4) is 0 Å². The largest absolute Gasteiger partial charge is 0.465 e. The molecule has 0 radical (unpaired) electrons. The molecule has 1 aromatic rings. The van der Waals surface area contributed by atoms with E-state index in [0.29, 0.717) is 11.3 Å². The van der Waals surface area contributed by atoms with E-state index in [-0.39, 0.29) is 5.97 Å². The highest BCUT2D eigenvalue weighted by molar-refractivity contribution is 5.90. The molecule has 0 aromatic carbocycles. The molecule has 0 saturated carbocycles. The van der Waals surface area contributed by atoms with E-state index >= 15 is 0 Å². The van der Waals surface area contributed by atoms with E-state index in [9.17, 15) is 4.79 Å². The molecule has 12 heavy (non-hydrogen) atoms. The third-order valence-electron chi connectivity index (χ3n) is 1.68. The van der Waals surface area contributed by atoms with Crippen LogP contribution in [0.5, 0.6) is 0 Å². The standard InChI is InChI=1S/C8H12N2O2/c1-4-10-5-7(6(2)9-10)8(11)12-3/h5H,4H2,1-3H3. The molecule has 1 heterocycles. The highest BCUT2D eigenvalue weighted by atomic mass is 16.5. The molecule has 0 aliphatic heterocycles. The quantitative estimate of drug-likeness (QED) is 0.619. The van der Waals surface area contributed by atoms with Crippen LogP contribution in [0, 0.1) is 6.92 Å². The Morgan fingerprint density at radius 1 is 1.75 bits per heavy atom. The van der Waals surface area contributed by atoms with Gasteiger partial charge < -0.3 is 4.74 Å². The molecule has 4 heteroatoms. The van der Waals surface area contributed by atoms with Crippen molar-refractivity contribution < 1.29 is 9.53 Å². The lowest BCUT2D eigenvalue weighted by molar-refractivity contribution is 0.0600. The molecule has 0 amide bonds. The summed E-state index contributed by atoms with van der Waals surface area (Å²) in [6, 6.07) is 0. The maximum Gasteiger partial charge on any atom is 0.341 e. The first kappa shape index (κ1) is 8.77. The maximum atomic E-state index is 11.1. The average molecular weight is 168 g/mol. The number of methoxy groups -OCH3 is 1. The Bertz CT molecular complexity index is 291. The zero-order valence-electron chi connectivity index (χ0n) is 7.50. The average Bonchev–Trinajstić information content (AvgIpc) is 2.45. The van der Waals surface area contributed by atoms with Gasteiger partial charge >= 0.3 is 5.97 Å². The molecule has 0 fully saturated rings. The van der Waals surface area contributed by atoms with Gasteiger partial charge in [-0.3, -0.25) is 4.68 Å². The third kappa shape index (κ3) is 1.47. The number of hydrogen-bond acceptors (Lipinski definition) is 3. The number of nitrogens with zero attached hydrogens (tertiary/aromatic N) is 2. The van der Waals surface area contributed by atoms with Gasteiger partial charge in [0.05, 0.1) is 12.8 Å². The second kappa shape index (κ2) is 3.38. The van der Waals surface area contributed by atoms with Crippen LogP contribution in [0.3, 0.4) is 0 Å². The van der Waals surface area contributed by atoms with E-state index in [1.165, 1.54) is 7.11 Å². The fourth-order valence-electron chi connectivity index (χ4n) is 0.990. The molecule has 0 atom stereocenters. The lowest BCUT2D eigenvalue weighted by Crippen LogP contribution is -2.01. The summed E-state index contributed by atoms with van der Waals surface area (Å²) in [5.41, 5.74) is 1.25. The van der Waals surface area contributed by atoms with Gasteiger partial charge in [-0.05, 0) is 13.8 Å². The van der Waals surface area contributed by atoms with Gasteiger partial charge in [0.15, 0.2) is 0 Å². The van der Waals surface area contributed by atoms with Crippen molar-refractivity contribution >= 4 is 5.97 Å². The van der Waals surface area contributed by atoms with Gasteiger partial charge in [-0.25, -0.2) is 4.79 Å². The zero-order chi connectivity index (χ0) is 9.14. The summed E-state index contributed by atoms with van der Waals surface area (Å²) in [6.45, 7) is 4.52. The van der Waals surface area contributed by atoms with Gasteiger partial charge in [-0.1, -0.05) is 0 Å². The van der Waals surface area contributed by atoms with Crippen LogP contribution in [-0.4, -0.2) is 22.9 Å². The molecule has 1 rings (SSSR count). The minimum Gasteiger partial charge on any atom is -0.465 e. The van der Waals surface area contributed by atoms with Crippen LogP contribution in [0.15, 0.2) is 6.20 Å². The molecule has 0 aliphatic rings. The van der Waals surface area contributed by atoms with E-state index < -0.39 is 0 Å². The number of aromatic nitrogens is 2. The molecule has 0 N–H and O–H groups in total. The minimum absolute atomic E-state index is 0.327. The Morgan fingerprint density at radius 2 is 2.42 bits per heavy atom. The number of rotatable bonds is 2. The first-order chi connectivity index (χ1) is 5.69. The minimum atomic E-state index is -0.327. The first-order valence-corrected chi connectivity index (χ1v) is 3.81. The van der Waals surface area contributed by atoms with Crippen molar-refractivity contribution in [3.05, 3.63) is 17.5 Å². The predicted molar refractivity (Wildman–Crippen MR) is 44.0 cm³/mol. The molecular formula is C8H12N2O2. The van der Waals surface area contributed by atoms with Gasteiger partial charge in [-0.2, -0.15) is 5.10 Å². The lowest BCUT2D eigenvalue weighted by atomic mass is 10.3. The molecule has 0 bridgehead atoms. The Labute approximate surface area is 71.1 Å². The van der Waals surface area contributed by atoms with Crippen LogP contribution in [0.2, 0.25) is 0 Å². The van der Waals surface area contributed by atoms with Gasteiger partial charge in [-0.15, -0.1) is 0 Å². The summed E-state index contributed by atoms with van der Waals surface area (Å²) in [5, 5.41) is 4.11. The van der Waals surface area contributed by atoms with Crippen molar-refractivity contribution in [1.82, 2.24) is 9.78 Å². The Morgan fingerprint density at radius 3 is 2.83 bits per heavy atom. The van der Waals surface area contributed by atoms with Crippen LogP contribution >= 0.6 is 0 Å². The number of carbonyl (C=O) groups is 1. The molecule has 0 spiro atoms. The number of esters is 1. The summed E-state index contributed by atoms with van der Waals surface area (Å²) < 4.78 is 6.29. The summed E-state index contributed by atoms with van der Waals surface area (Å²) in [6.07, 6.45) is 1.70. The molecule has 0 unspecified atom stereocenters. The second-order valence-electron chi connectivity index (χ2n) is 2.48. The fourth-order valence-corrected chi connectivity index (χ4v) is 0.990. The van der Waals surface area contributed by atoms with Crippen molar-refractivity contribution in [2.45, 2.75) is 20.4 Å². The van der Waals surface area contributed by atoms with Gasteiger partial charge in [0.1, 0.15) is 5.56 Å². The van der Waals surface area contributed by atoms with E-state index in [1.54, 1.807) is 17.8 Å². The molecule has 1 aromatic heterocycles. The number of ether oxygens (including phenoxy) is 1. The highest BCUT2D eigenvalue weighted by Gasteiger charge is 2.12. The van der Waals surface area contributed by atoms with Gasteiger partial charge in [0, 0.05) is 12.7 Å². The van der Waals surface area contributed by atoms with Crippen LogP contribution in [0.4, 0.5) is 0 Å². The Balaban J connectivity index is 2.99. The van der Waals surface area contributed by atoms with Crippen molar-refractivity contribution in [3.63, 3.8) is 0 Å². The number of carbonyl (C=O) groups excluding carboxylic acids is 1. The Kier molecular flexibility index (Phi) is 2.47. The van der Waals surface area contributed by atoms with E-state index in [0.717, 1.165) is 6.54 Å². The van der Waals surface area contributed by atoms with Crippen LogP contribution in [-0.2, 0) is 11.3 Å². The van der Waals surface area contributed by atoms with Crippen molar-refractivity contribution in [2.75, 3.05) is 7.11 Å². The van der Waals surface area contributed by atoms with E-state index in [4.69, 9.17) is 0 Å². The number of aryl methyl sites for hydroxylation is 2. The smallest absolute Gasteiger partial charge is 0.341 e. The summed E-state index contributed by atoms with van der Waals surface area (Å²) in [5.74, 6) is -0.327. The van der Waals surface area contributed by atoms with Crippen LogP contribution in [0.25, 0.3) is 0 Å². The molecular weight excluding hydrogens is 156 g/mol. The normalized spacial score (nSPS) is 9.92. The third-order valence-corrected chi connectivity index (χ3v) is 1.68. The predicted octanol–water partition coefficient (Wildman–Crippen LogP) is 0.998. The van der Waals surface area contributed by atoms with Gasteiger partial charge in [0.2, 0.25) is 0 Å². The molecule has 4 nitrogen and oxygen atoms in total. The van der Waals surface area contributed by atoms with E-state index in [2.05, 4.69) is 9.84 Å². The highest BCUT2D eigenvalue weighted by Crippen LogP contribution is 2.06. The fraction of sp³-hybridized carbons (Fsp3) is 0.500. The summed E-state index contributed by atoms with van der Waals surface area (Å²) in [7, 11) is 1.37. The first-order valence-electron chi connectivity index (χ1n) is 3.81. The lowest BCUT2D eigenvalue weighted by Gasteiger charge is -1.93. The zero-order valence-corrected chi connectivity index (χ0v) is 7.50. The summed E-state index contributed by atoms with van der Waals surface area (Å²) in [4.78, 5) is 11.1. The van der Waals surface area contributed by atoms with Crippen molar-refractivity contribution in [2.24, 2.45) is 0 Å². The molecule has 0 saturated heterocycles.